The fourth-order valence-electron chi connectivity index (χ4n) is 2.43. The van der Waals surface area contributed by atoms with Crippen LogP contribution in [-0.2, 0) is 4.79 Å². The number of hydrogen-bond acceptors (Lipinski definition) is 3. The second-order valence-corrected chi connectivity index (χ2v) is 5.29. The van der Waals surface area contributed by atoms with E-state index in [1.807, 2.05) is 6.92 Å². The molecule has 0 bridgehead atoms. The average molecular weight is 256 g/mol. The lowest BCUT2D eigenvalue weighted by molar-refractivity contribution is -0.145. The van der Waals surface area contributed by atoms with E-state index in [9.17, 15) is 9.90 Å². The number of hydrogen-bond donors (Lipinski definition) is 2. The van der Waals surface area contributed by atoms with Crippen LogP contribution >= 0.6 is 0 Å². The fourth-order valence-corrected chi connectivity index (χ4v) is 2.43. The molecule has 0 heterocycles. The van der Waals surface area contributed by atoms with Crippen LogP contribution in [0.2, 0.25) is 0 Å². The molecule has 1 fully saturated rings. The second-order valence-electron chi connectivity index (χ2n) is 5.29. The van der Waals surface area contributed by atoms with Crippen LogP contribution in [0.3, 0.4) is 0 Å². The molecule has 18 heavy (non-hydrogen) atoms. The maximum absolute atomic E-state index is 11.6. The van der Waals surface area contributed by atoms with Crippen molar-refractivity contribution < 1.29 is 9.90 Å². The highest BCUT2D eigenvalue weighted by Gasteiger charge is 2.40. The van der Waals surface area contributed by atoms with Crippen LogP contribution in [0.5, 0.6) is 0 Å². The molecule has 106 valence electrons. The van der Waals surface area contributed by atoms with E-state index in [-0.39, 0.29) is 0 Å². The van der Waals surface area contributed by atoms with Crippen molar-refractivity contribution in [1.29, 1.82) is 0 Å². The molecule has 4 heteroatoms. The largest absolute Gasteiger partial charge is 0.480 e. The summed E-state index contributed by atoms with van der Waals surface area (Å²) in [6.45, 7) is 9.35. The lowest BCUT2D eigenvalue weighted by Gasteiger charge is -2.30. The highest BCUT2D eigenvalue weighted by Crippen LogP contribution is 2.27. The number of rotatable bonds is 10. The summed E-state index contributed by atoms with van der Waals surface area (Å²) >= 11 is 0. The van der Waals surface area contributed by atoms with E-state index in [2.05, 4.69) is 24.1 Å². The molecule has 1 saturated carbocycles. The molecule has 0 aromatic heterocycles. The number of nitrogens with zero attached hydrogens (tertiary/aromatic N) is 1. The smallest absolute Gasteiger partial charge is 0.323 e. The van der Waals surface area contributed by atoms with Crippen molar-refractivity contribution >= 4 is 5.97 Å². The summed E-state index contributed by atoms with van der Waals surface area (Å²) in [5.41, 5.74) is -0.700. The molecule has 0 aliphatic heterocycles. The Morgan fingerprint density at radius 2 is 1.94 bits per heavy atom. The first-order valence-corrected chi connectivity index (χ1v) is 7.31. The second kappa shape index (κ2) is 7.10. The minimum Gasteiger partial charge on any atom is -0.480 e. The first-order valence-electron chi connectivity index (χ1n) is 7.31. The van der Waals surface area contributed by atoms with Crippen molar-refractivity contribution in [3.63, 3.8) is 0 Å². The van der Waals surface area contributed by atoms with Gasteiger partial charge in [-0.15, -0.1) is 0 Å². The molecule has 2 N–H and O–H groups in total. The lowest BCUT2D eigenvalue weighted by atomic mass is 9.90. The van der Waals surface area contributed by atoms with Crippen LogP contribution < -0.4 is 5.32 Å². The van der Waals surface area contributed by atoms with E-state index in [1.54, 1.807) is 0 Å². The summed E-state index contributed by atoms with van der Waals surface area (Å²) in [6.07, 6.45) is 4.60. The van der Waals surface area contributed by atoms with E-state index in [1.165, 1.54) is 0 Å². The SMILES string of the molecule is CCN(CC)CCCC(CC)(NC1CC1)C(=O)O. The van der Waals surface area contributed by atoms with Gasteiger partial charge >= 0.3 is 5.97 Å². The van der Waals surface area contributed by atoms with Crippen molar-refractivity contribution in [3.05, 3.63) is 0 Å². The molecular formula is C14H28N2O2. The normalized spacial score (nSPS) is 18.9. The average Bonchev–Trinajstić information content (AvgIpc) is 3.16. The number of carboxylic acid groups (broad SMARTS) is 1. The maximum Gasteiger partial charge on any atom is 0.323 e. The van der Waals surface area contributed by atoms with Crippen LogP contribution in [0.1, 0.15) is 52.9 Å². The quantitative estimate of drug-likeness (QED) is 0.628. The van der Waals surface area contributed by atoms with Crippen LogP contribution in [0.4, 0.5) is 0 Å². The van der Waals surface area contributed by atoms with E-state index in [4.69, 9.17) is 0 Å². The van der Waals surface area contributed by atoms with Crippen molar-refractivity contribution in [2.75, 3.05) is 19.6 Å². The van der Waals surface area contributed by atoms with Crippen molar-refractivity contribution in [2.45, 2.75) is 64.5 Å². The Labute approximate surface area is 111 Å². The van der Waals surface area contributed by atoms with Gasteiger partial charge in [0.15, 0.2) is 0 Å². The van der Waals surface area contributed by atoms with Crippen molar-refractivity contribution in [1.82, 2.24) is 10.2 Å². The fraction of sp³-hybridized carbons (Fsp3) is 0.929. The van der Waals surface area contributed by atoms with Crippen molar-refractivity contribution in [3.8, 4) is 0 Å². The number of carboxylic acids is 1. The third kappa shape index (κ3) is 4.25. The molecule has 0 radical (unpaired) electrons. The van der Waals surface area contributed by atoms with Gasteiger partial charge in [0, 0.05) is 6.04 Å². The molecule has 1 aliphatic rings. The van der Waals surface area contributed by atoms with Gasteiger partial charge in [-0.2, -0.15) is 0 Å². The molecule has 0 saturated heterocycles. The summed E-state index contributed by atoms with van der Waals surface area (Å²) < 4.78 is 0. The molecule has 0 aromatic carbocycles. The van der Waals surface area contributed by atoms with Gasteiger partial charge in [0.1, 0.15) is 5.54 Å². The van der Waals surface area contributed by atoms with Gasteiger partial charge in [0.25, 0.3) is 0 Å². The molecule has 0 spiro atoms. The Morgan fingerprint density at radius 3 is 2.33 bits per heavy atom. The van der Waals surface area contributed by atoms with Gasteiger partial charge in [-0.1, -0.05) is 20.8 Å². The third-order valence-electron chi connectivity index (χ3n) is 4.04. The minimum atomic E-state index is -0.700. The summed E-state index contributed by atoms with van der Waals surface area (Å²) in [7, 11) is 0. The summed E-state index contributed by atoms with van der Waals surface area (Å²) in [6, 6.07) is 0.439. The molecular weight excluding hydrogens is 228 g/mol. The van der Waals surface area contributed by atoms with Gasteiger partial charge in [-0.3, -0.25) is 10.1 Å². The summed E-state index contributed by atoms with van der Waals surface area (Å²) in [5.74, 6) is -0.684. The maximum atomic E-state index is 11.6. The Hall–Kier alpha value is -0.610. The molecule has 1 aliphatic carbocycles. The lowest BCUT2D eigenvalue weighted by Crippen LogP contribution is -2.53. The summed E-state index contributed by atoms with van der Waals surface area (Å²) in [5, 5.41) is 12.8. The third-order valence-corrected chi connectivity index (χ3v) is 4.04. The van der Waals surface area contributed by atoms with Crippen LogP contribution in [0.25, 0.3) is 0 Å². The zero-order valence-electron chi connectivity index (χ0n) is 12.0. The number of aliphatic carboxylic acids is 1. The molecule has 1 rings (SSSR count). The number of nitrogens with one attached hydrogen (secondary N) is 1. The Kier molecular flexibility index (Phi) is 6.09. The number of carbonyl (C=O) groups is 1. The topological polar surface area (TPSA) is 52.6 Å². The highest BCUT2D eigenvalue weighted by molar-refractivity contribution is 5.78. The van der Waals surface area contributed by atoms with Gasteiger partial charge in [-0.05, 0) is 51.7 Å². The predicted molar refractivity (Wildman–Crippen MR) is 73.8 cm³/mol. The molecule has 0 aromatic rings. The van der Waals surface area contributed by atoms with Gasteiger partial charge in [-0.25, -0.2) is 0 Å². The van der Waals surface area contributed by atoms with Crippen LogP contribution in [0.15, 0.2) is 0 Å². The minimum absolute atomic E-state index is 0.439. The molecule has 4 nitrogen and oxygen atoms in total. The van der Waals surface area contributed by atoms with Crippen LogP contribution in [0, 0.1) is 0 Å². The van der Waals surface area contributed by atoms with E-state index in [0.717, 1.165) is 45.3 Å². The molecule has 0 amide bonds. The van der Waals surface area contributed by atoms with Crippen LogP contribution in [-0.4, -0.2) is 47.2 Å². The first kappa shape index (κ1) is 15.4. The van der Waals surface area contributed by atoms with Gasteiger partial charge in [0.2, 0.25) is 0 Å². The monoisotopic (exact) mass is 256 g/mol. The zero-order chi connectivity index (χ0) is 13.6. The standard InChI is InChI=1S/C14H28N2O2/c1-4-14(13(17)18,15-12-8-9-12)10-7-11-16(5-2)6-3/h12,15H,4-11H2,1-3H3,(H,17,18). The Bertz CT molecular complexity index is 263. The van der Waals surface area contributed by atoms with E-state index < -0.39 is 11.5 Å². The zero-order valence-corrected chi connectivity index (χ0v) is 12.0. The van der Waals surface area contributed by atoms with Gasteiger partial charge in [0.05, 0.1) is 0 Å². The predicted octanol–water partition coefficient (Wildman–Crippen LogP) is 2.09. The summed E-state index contributed by atoms with van der Waals surface area (Å²) in [4.78, 5) is 13.9. The molecule has 1 unspecified atom stereocenters. The first-order chi connectivity index (χ1) is 8.57. The van der Waals surface area contributed by atoms with E-state index >= 15 is 0 Å². The Morgan fingerprint density at radius 1 is 1.33 bits per heavy atom. The van der Waals surface area contributed by atoms with Crippen molar-refractivity contribution in [2.24, 2.45) is 0 Å². The van der Waals surface area contributed by atoms with E-state index in [0.29, 0.717) is 12.5 Å². The van der Waals surface area contributed by atoms with Gasteiger partial charge < -0.3 is 10.0 Å². The Balaban J connectivity index is 2.47. The molecule has 1 atom stereocenters. The highest BCUT2D eigenvalue weighted by atomic mass is 16.4.